The predicted molar refractivity (Wildman–Crippen MR) is 164 cm³/mol. The van der Waals surface area contributed by atoms with Gasteiger partial charge in [0, 0.05) is 25.0 Å². The van der Waals surface area contributed by atoms with Crippen LogP contribution in [-0.4, -0.2) is 25.9 Å². The molecule has 0 saturated carbocycles. The zero-order valence-corrected chi connectivity index (χ0v) is 23.9. The van der Waals surface area contributed by atoms with Gasteiger partial charge in [0.05, 0.1) is 29.3 Å². The van der Waals surface area contributed by atoms with E-state index in [1.165, 1.54) is 16.8 Å². The van der Waals surface area contributed by atoms with Crippen LogP contribution in [-0.2, 0) is 26.1 Å². The minimum atomic E-state index is -0.217. The van der Waals surface area contributed by atoms with Gasteiger partial charge in [-0.15, -0.1) is 17.0 Å². The summed E-state index contributed by atoms with van der Waals surface area (Å²) in [7, 11) is 0. The van der Waals surface area contributed by atoms with Crippen molar-refractivity contribution in [3.05, 3.63) is 125 Å². The zero-order chi connectivity index (χ0) is 26.4. The standard InChI is InChI=1S/C32H32N6O.BrH/c39-32(35-26-10-2-1-3-11-26)34-20-23-15-17-24(18-16-23)21-38(22-30-36-27-12-4-5-13-28(27)37-30)29-14-6-8-25-9-7-19-33-31(25)29;/h1-5,7,9-13,15-19,29H,6,8,14,20-22H2,(H,36,37)(H2,34,35,39);1H. The summed E-state index contributed by atoms with van der Waals surface area (Å²) in [6, 6.07) is 30.4. The van der Waals surface area contributed by atoms with Gasteiger partial charge in [0.1, 0.15) is 5.82 Å². The lowest BCUT2D eigenvalue weighted by Gasteiger charge is -2.34. The van der Waals surface area contributed by atoms with Crippen LogP contribution in [0.2, 0.25) is 0 Å². The molecule has 8 heteroatoms. The van der Waals surface area contributed by atoms with Crippen molar-refractivity contribution in [2.75, 3.05) is 5.32 Å². The smallest absolute Gasteiger partial charge is 0.319 e. The van der Waals surface area contributed by atoms with E-state index in [-0.39, 0.29) is 29.1 Å². The number of aryl methyl sites for hydroxylation is 1. The number of hydrogen-bond donors (Lipinski definition) is 3. The molecule has 1 aliphatic rings. The van der Waals surface area contributed by atoms with Gasteiger partial charge in [0.15, 0.2) is 0 Å². The molecule has 0 aliphatic heterocycles. The van der Waals surface area contributed by atoms with E-state index in [2.05, 4.69) is 56.9 Å². The molecule has 0 spiro atoms. The number of imidazole rings is 1. The van der Waals surface area contributed by atoms with Gasteiger partial charge in [0.2, 0.25) is 0 Å². The number of carbonyl (C=O) groups excluding carboxylic acids is 1. The van der Waals surface area contributed by atoms with E-state index in [4.69, 9.17) is 9.97 Å². The number of para-hydroxylation sites is 3. The maximum Gasteiger partial charge on any atom is 0.319 e. The summed E-state index contributed by atoms with van der Waals surface area (Å²) in [4.78, 5) is 27.9. The highest BCUT2D eigenvalue weighted by atomic mass is 79.9. The van der Waals surface area contributed by atoms with E-state index < -0.39 is 0 Å². The Hall–Kier alpha value is -4.01. The summed E-state index contributed by atoms with van der Waals surface area (Å²) in [6.07, 6.45) is 5.21. The van der Waals surface area contributed by atoms with Gasteiger partial charge in [-0.05, 0) is 66.3 Å². The maximum absolute atomic E-state index is 12.3. The number of hydrogen-bond acceptors (Lipinski definition) is 4. The average molecular weight is 598 g/mol. The lowest BCUT2D eigenvalue weighted by molar-refractivity contribution is 0.153. The Kier molecular flexibility index (Phi) is 8.88. The second-order valence-electron chi connectivity index (χ2n) is 10.1. The van der Waals surface area contributed by atoms with Crippen LogP contribution in [0.15, 0.2) is 97.2 Å². The van der Waals surface area contributed by atoms with E-state index in [0.29, 0.717) is 13.1 Å². The molecule has 5 aromatic rings. The molecule has 1 unspecified atom stereocenters. The van der Waals surface area contributed by atoms with E-state index in [9.17, 15) is 4.79 Å². The number of fused-ring (bicyclic) bond motifs is 2. The molecule has 40 heavy (non-hydrogen) atoms. The summed E-state index contributed by atoms with van der Waals surface area (Å²) < 4.78 is 0. The van der Waals surface area contributed by atoms with Crippen LogP contribution in [0.25, 0.3) is 11.0 Å². The molecule has 1 atom stereocenters. The second kappa shape index (κ2) is 12.9. The Morgan fingerprint density at radius 2 is 1.68 bits per heavy atom. The number of aromatic amines is 1. The molecule has 3 N–H and O–H groups in total. The molecular weight excluding hydrogens is 564 g/mol. The van der Waals surface area contributed by atoms with Crippen LogP contribution in [0.3, 0.4) is 0 Å². The first-order valence-corrected chi connectivity index (χ1v) is 13.5. The Morgan fingerprint density at radius 1 is 0.900 bits per heavy atom. The van der Waals surface area contributed by atoms with Gasteiger partial charge >= 0.3 is 6.03 Å². The molecule has 0 bridgehead atoms. The van der Waals surface area contributed by atoms with Crippen LogP contribution in [0.4, 0.5) is 10.5 Å². The molecular formula is C32H33BrN6O. The minimum absolute atomic E-state index is 0. The Morgan fingerprint density at radius 3 is 2.50 bits per heavy atom. The van der Waals surface area contributed by atoms with Crippen molar-refractivity contribution in [3.8, 4) is 0 Å². The van der Waals surface area contributed by atoms with E-state index in [1.807, 2.05) is 60.8 Å². The normalized spacial score (nSPS) is 14.4. The molecule has 2 aromatic heterocycles. The number of rotatable bonds is 8. The number of nitrogens with one attached hydrogen (secondary N) is 3. The molecule has 2 heterocycles. The van der Waals surface area contributed by atoms with Crippen molar-refractivity contribution in [2.45, 2.75) is 44.9 Å². The number of H-pyrrole nitrogens is 1. The van der Waals surface area contributed by atoms with Crippen LogP contribution >= 0.6 is 17.0 Å². The van der Waals surface area contributed by atoms with E-state index in [0.717, 1.165) is 53.9 Å². The first kappa shape index (κ1) is 27.6. The summed E-state index contributed by atoms with van der Waals surface area (Å²) in [6.45, 7) is 1.94. The number of aromatic nitrogens is 3. The molecule has 6 rings (SSSR count). The Labute approximate surface area is 244 Å². The zero-order valence-electron chi connectivity index (χ0n) is 22.2. The second-order valence-corrected chi connectivity index (χ2v) is 10.1. The maximum atomic E-state index is 12.3. The van der Waals surface area contributed by atoms with Crippen molar-refractivity contribution in [1.82, 2.24) is 25.2 Å². The molecule has 0 fully saturated rings. The van der Waals surface area contributed by atoms with Crippen LogP contribution < -0.4 is 10.6 Å². The van der Waals surface area contributed by atoms with Gasteiger partial charge < -0.3 is 15.6 Å². The minimum Gasteiger partial charge on any atom is -0.341 e. The third-order valence-corrected chi connectivity index (χ3v) is 7.29. The summed E-state index contributed by atoms with van der Waals surface area (Å²) in [5, 5.41) is 5.79. The van der Waals surface area contributed by atoms with E-state index in [1.54, 1.807) is 0 Å². The van der Waals surface area contributed by atoms with Crippen LogP contribution in [0.1, 0.15) is 47.1 Å². The van der Waals surface area contributed by atoms with Gasteiger partial charge in [-0.2, -0.15) is 0 Å². The number of halogens is 1. The third kappa shape index (κ3) is 6.58. The number of benzene rings is 3. The fourth-order valence-electron chi connectivity index (χ4n) is 5.37. The van der Waals surface area contributed by atoms with Crippen molar-refractivity contribution in [3.63, 3.8) is 0 Å². The number of pyridine rings is 1. The first-order chi connectivity index (χ1) is 19.2. The predicted octanol–water partition coefficient (Wildman–Crippen LogP) is 6.94. The monoisotopic (exact) mass is 596 g/mol. The van der Waals surface area contributed by atoms with E-state index >= 15 is 0 Å². The highest BCUT2D eigenvalue weighted by Crippen LogP contribution is 2.34. The molecule has 7 nitrogen and oxygen atoms in total. The molecule has 204 valence electrons. The SMILES string of the molecule is Br.O=C(NCc1ccc(CN(Cc2nc3ccccc3[nH]2)C2CCCc3cccnc32)cc1)Nc1ccccc1. The number of nitrogens with zero attached hydrogens (tertiary/aromatic N) is 3. The topological polar surface area (TPSA) is 85.9 Å². The number of anilines is 1. The van der Waals surface area contributed by atoms with Crippen LogP contribution in [0.5, 0.6) is 0 Å². The summed E-state index contributed by atoms with van der Waals surface area (Å²) >= 11 is 0. The third-order valence-electron chi connectivity index (χ3n) is 7.29. The average Bonchev–Trinajstić information content (AvgIpc) is 3.39. The Bertz CT molecular complexity index is 1520. The van der Waals surface area contributed by atoms with Crippen LogP contribution in [0, 0.1) is 0 Å². The quantitative estimate of drug-likeness (QED) is 0.181. The molecule has 0 radical (unpaired) electrons. The first-order valence-electron chi connectivity index (χ1n) is 13.5. The molecule has 2 amide bonds. The fraction of sp³-hybridized carbons (Fsp3) is 0.219. The largest absolute Gasteiger partial charge is 0.341 e. The molecule has 3 aromatic carbocycles. The molecule has 1 aliphatic carbocycles. The number of amides is 2. The van der Waals surface area contributed by atoms with Crippen molar-refractivity contribution >= 4 is 39.7 Å². The number of carbonyl (C=O) groups is 1. The number of urea groups is 1. The van der Waals surface area contributed by atoms with Crippen molar-refractivity contribution in [1.29, 1.82) is 0 Å². The molecule has 0 saturated heterocycles. The van der Waals surface area contributed by atoms with Gasteiger partial charge in [-0.1, -0.05) is 60.7 Å². The summed E-state index contributed by atoms with van der Waals surface area (Å²) in [5.41, 5.74) is 7.62. The Balaban J connectivity index is 0.00000323. The lowest BCUT2D eigenvalue weighted by atomic mass is 9.90. The van der Waals surface area contributed by atoms with Crippen molar-refractivity contribution < 1.29 is 4.79 Å². The van der Waals surface area contributed by atoms with Gasteiger partial charge in [-0.25, -0.2) is 9.78 Å². The van der Waals surface area contributed by atoms with Gasteiger partial charge in [-0.3, -0.25) is 9.88 Å². The highest BCUT2D eigenvalue weighted by molar-refractivity contribution is 8.93. The fourth-order valence-corrected chi connectivity index (χ4v) is 5.37. The van der Waals surface area contributed by atoms with Crippen molar-refractivity contribution in [2.24, 2.45) is 0 Å². The lowest BCUT2D eigenvalue weighted by Crippen LogP contribution is -2.32. The van der Waals surface area contributed by atoms with Gasteiger partial charge in [0.25, 0.3) is 0 Å². The highest BCUT2D eigenvalue weighted by Gasteiger charge is 2.28. The summed E-state index contributed by atoms with van der Waals surface area (Å²) in [5.74, 6) is 0.963.